The number of hydrogen-bond donors (Lipinski definition) is 6. The monoisotopic (exact) mass is 784 g/mol. The van der Waals surface area contributed by atoms with Crippen LogP contribution in [0.5, 0.6) is 5.75 Å². The second-order valence-corrected chi connectivity index (χ2v) is 14.7. The number of anilines is 2. The predicted molar refractivity (Wildman–Crippen MR) is 179 cm³/mol. The van der Waals surface area contributed by atoms with E-state index in [0.717, 1.165) is 25.1 Å². The molecule has 4 aromatic rings. The third-order valence-electron chi connectivity index (χ3n) is 6.27. The lowest BCUT2D eigenvalue weighted by molar-refractivity contribution is -0.133. The molecule has 0 bridgehead atoms. The smallest absolute Gasteiger partial charge is 0.397 e. The Morgan fingerprint density at radius 2 is 1.53 bits per heavy atom. The molecule has 0 saturated heterocycles. The van der Waals surface area contributed by atoms with E-state index in [-0.39, 0.29) is 27.7 Å². The van der Waals surface area contributed by atoms with Crippen LogP contribution >= 0.6 is 12.0 Å². The summed E-state index contributed by atoms with van der Waals surface area (Å²) in [6, 6.07) is 13.8. The molecule has 4 rings (SSSR count). The van der Waals surface area contributed by atoms with Gasteiger partial charge in [0.1, 0.15) is 10.6 Å². The SMILES string of the molecule is CC(=O)Nc1cc(S(=O)(=O)O)cc2cc(S(=O)(=O)O)c(N=Nc3ccc(C(=O)Nc4cccc(SOC(=O)CCOS(=O)(=O)O)c4)cc3)c(O)c12. The van der Waals surface area contributed by atoms with Gasteiger partial charge in [-0.05, 0) is 66.0 Å². The van der Waals surface area contributed by atoms with Crippen molar-refractivity contribution >= 4 is 94.0 Å². The van der Waals surface area contributed by atoms with Crippen molar-refractivity contribution < 1.29 is 66.8 Å². The number of phenols is 1. The molecule has 0 aliphatic carbocycles. The quantitative estimate of drug-likeness (QED) is 0.0621. The van der Waals surface area contributed by atoms with Crippen LogP contribution in [0.2, 0.25) is 0 Å². The summed E-state index contributed by atoms with van der Waals surface area (Å²) in [5.74, 6) is -3.07. The molecule has 0 aromatic heterocycles. The van der Waals surface area contributed by atoms with Gasteiger partial charge in [0, 0.05) is 23.6 Å². The van der Waals surface area contributed by atoms with Gasteiger partial charge in [-0.1, -0.05) is 6.07 Å². The van der Waals surface area contributed by atoms with E-state index in [1.165, 1.54) is 36.4 Å². The van der Waals surface area contributed by atoms with Crippen molar-refractivity contribution in [2.45, 2.75) is 28.0 Å². The van der Waals surface area contributed by atoms with Gasteiger partial charge < -0.3 is 19.9 Å². The molecule has 0 unspecified atom stereocenters. The van der Waals surface area contributed by atoms with Crippen LogP contribution in [0.3, 0.4) is 0 Å². The van der Waals surface area contributed by atoms with Crippen molar-refractivity contribution in [3.8, 4) is 5.75 Å². The maximum atomic E-state index is 12.8. The van der Waals surface area contributed by atoms with Gasteiger partial charge in [-0.2, -0.15) is 30.4 Å². The summed E-state index contributed by atoms with van der Waals surface area (Å²) in [5.41, 5.74) is -0.663. The molecule has 19 nitrogen and oxygen atoms in total. The van der Waals surface area contributed by atoms with E-state index in [2.05, 4.69) is 25.0 Å². The van der Waals surface area contributed by atoms with E-state index in [4.69, 9.17) is 8.74 Å². The lowest BCUT2D eigenvalue weighted by Gasteiger charge is -2.14. The van der Waals surface area contributed by atoms with Gasteiger partial charge >= 0.3 is 16.4 Å². The van der Waals surface area contributed by atoms with Crippen LogP contribution in [-0.4, -0.2) is 68.4 Å². The summed E-state index contributed by atoms with van der Waals surface area (Å²) in [7, 11) is -14.7. The van der Waals surface area contributed by atoms with Crippen LogP contribution < -0.4 is 10.6 Å². The normalized spacial score (nSPS) is 12.2. The molecular formula is C28H24N4O15S4. The molecule has 0 atom stereocenters. The number of phenolic OH excluding ortho intramolecular Hbond substituents is 1. The number of hydrogen-bond acceptors (Lipinski definition) is 15. The van der Waals surface area contributed by atoms with Crippen molar-refractivity contribution in [3.05, 3.63) is 72.3 Å². The third-order valence-corrected chi connectivity index (χ3v) is 9.14. The number of benzene rings is 4. The second-order valence-electron chi connectivity index (χ2n) is 10.0. The summed E-state index contributed by atoms with van der Waals surface area (Å²) in [6.45, 7) is 0.436. The van der Waals surface area contributed by atoms with Crippen molar-refractivity contribution in [1.82, 2.24) is 0 Å². The lowest BCUT2D eigenvalue weighted by atomic mass is 10.1. The molecule has 51 heavy (non-hydrogen) atoms. The highest BCUT2D eigenvalue weighted by atomic mass is 32.3. The average molecular weight is 785 g/mol. The molecule has 2 amide bonds. The highest BCUT2D eigenvalue weighted by molar-refractivity contribution is 7.95. The van der Waals surface area contributed by atoms with Crippen LogP contribution in [0.25, 0.3) is 10.8 Å². The number of carbonyl (C=O) groups excluding carboxylic acids is 3. The van der Waals surface area contributed by atoms with Gasteiger partial charge in [0.05, 0.1) is 46.2 Å². The summed E-state index contributed by atoms with van der Waals surface area (Å²) in [6.07, 6.45) is -0.468. The highest BCUT2D eigenvalue weighted by Crippen LogP contribution is 2.45. The largest absolute Gasteiger partial charge is 0.505 e. The Balaban J connectivity index is 1.54. The lowest BCUT2D eigenvalue weighted by Crippen LogP contribution is -2.11. The van der Waals surface area contributed by atoms with E-state index in [1.54, 1.807) is 12.1 Å². The molecule has 6 N–H and O–H groups in total. The van der Waals surface area contributed by atoms with Gasteiger partial charge in [-0.15, -0.1) is 5.11 Å². The van der Waals surface area contributed by atoms with Gasteiger partial charge in [-0.25, -0.2) is 4.18 Å². The third kappa shape index (κ3) is 10.7. The standard InChI is InChI=1S/C28H24N4O15S4/c1-15(33)29-22-14-21(49(37,38)39)11-17-12-23(50(40,41)42)26(27(35)25(17)22)32-31-18-7-5-16(6-8-18)28(36)30-19-3-2-4-20(13-19)48-47-24(34)9-10-46-51(43,44)45/h2-8,11-14,35H,9-10H2,1H3,(H,29,33)(H,30,36)(H,37,38,39)(H,40,41,42)(H,43,44,45). The number of carbonyl (C=O) groups is 3. The number of nitrogens with one attached hydrogen (secondary N) is 2. The number of azo groups is 1. The number of amides is 2. The molecule has 0 fully saturated rings. The van der Waals surface area contributed by atoms with Gasteiger partial charge in [-0.3, -0.25) is 28.0 Å². The van der Waals surface area contributed by atoms with E-state index < -0.39 is 82.7 Å². The van der Waals surface area contributed by atoms with E-state index in [0.29, 0.717) is 22.6 Å². The van der Waals surface area contributed by atoms with Crippen molar-refractivity contribution in [3.63, 3.8) is 0 Å². The molecule has 270 valence electrons. The molecule has 0 saturated carbocycles. The summed E-state index contributed by atoms with van der Waals surface area (Å²) in [4.78, 5) is 35.0. The Hall–Kier alpha value is -5.01. The predicted octanol–water partition coefficient (Wildman–Crippen LogP) is 4.42. The number of aromatic hydroxyl groups is 1. The molecular weight excluding hydrogens is 761 g/mol. The first kappa shape index (κ1) is 38.8. The molecule has 0 heterocycles. The Bertz CT molecular complexity index is 2400. The fourth-order valence-electron chi connectivity index (χ4n) is 4.17. The average Bonchev–Trinajstić information content (AvgIpc) is 3.01. The maximum absolute atomic E-state index is 12.8. The van der Waals surface area contributed by atoms with Crippen molar-refractivity contribution in [2.75, 3.05) is 17.2 Å². The fourth-order valence-corrected chi connectivity index (χ4v) is 6.25. The van der Waals surface area contributed by atoms with Gasteiger partial charge in [0.15, 0.2) is 5.75 Å². The maximum Gasteiger partial charge on any atom is 0.397 e. The number of nitrogens with zero attached hydrogens (tertiary/aromatic N) is 2. The Morgan fingerprint density at radius 1 is 0.843 bits per heavy atom. The molecule has 0 aliphatic heterocycles. The zero-order chi connectivity index (χ0) is 37.7. The van der Waals surface area contributed by atoms with Crippen LogP contribution in [-0.2, 0) is 48.6 Å². The van der Waals surface area contributed by atoms with Crippen LogP contribution in [0, 0.1) is 0 Å². The summed E-state index contributed by atoms with van der Waals surface area (Å²) >= 11 is 0.623. The highest BCUT2D eigenvalue weighted by Gasteiger charge is 2.26. The first-order chi connectivity index (χ1) is 23.7. The molecule has 23 heteroatoms. The van der Waals surface area contributed by atoms with E-state index in [1.807, 2.05) is 0 Å². The Kier molecular flexibility index (Phi) is 11.8. The number of fused-ring (bicyclic) bond motifs is 1. The molecule has 0 radical (unpaired) electrons. The summed E-state index contributed by atoms with van der Waals surface area (Å²) < 4.78 is 106. The molecule has 0 aliphatic rings. The topological polar surface area (TPSA) is 302 Å². The number of rotatable bonds is 13. The van der Waals surface area contributed by atoms with Gasteiger partial charge in [0.2, 0.25) is 5.91 Å². The Morgan fingerprint density at radius 3 is 2.14 bits per heavy atom. The molecule has 4 aromatic carbocycles. The van der Waals surface area contributed by atoms with Crippen LogP contribution in [0.15, 0.2) is 91.6 Å². The second kappa shape index (κ2) is 15.5. The van der Waals surface area contributed by atoms with E-state index in [9.17, 15) is 53.8 Å². The first-order valence-electron chi connectivity index (χ1n) is 13.7. The van der Waals surface area contributed by atoms with Crippen molar-refractivity contribution in [1.29, 1.82) is 0 Å². The molecule has 0 spiro atoms. The first-order valence-corrected chi connectivity index (χ1v) is 18.7. The fraction of sp³-hybridized carbons (Fsp3) is 0.107. The minimum atomic E-state index is -5.13. The Labute approximate surface area is 293 Å². The minimum absolute atomic E-state index is 0.0401. The zero-order valence-electron chi connectivity index (χ0n) is 25.6. The minimum Gasteiger partial charge on any atom is -0.505 e. The van der Waals surface area contributed by atoms with Crippen LogP contribution in [0.4, 0.5) is 22.7 Å². The van der Waals surface area contributed by atoms with Crippen LogP contribution in [0.1, 0.15) is 23.7 Å². The summed E-state index contributed by atoms with van der Waals surface area (Å²) in [5, 5.41) is 23.0. The van der Waals surface area contributed by atoms with Gasteiger partial charge in [0.25, 0.3) is 26.1 Å². The van der Waals surface area contributed by atoms with Crippen molar-refractivity contribution in [2.24, 2.45) is 10.2 Å². The zero-order valence-corrected chi connectivity index (χ0v) is 28.8. The van der Waals surface area contributed by atoms with E-state index >= 15 is 0 Å².